The van der Waals surface area contributed by atoms with Crippen molar-refractivity contribution in [1.29, 1.82) is 0 Å². The van der Waals surface area contributed by atoms with Gasteiger partial charge in [0.2, 0.25) is 0 Å². The highest BCUT2D eigenvalue weighted by molar-refractivity contribution is 7.99. The molecule has 1 nitrogen and oxygen atoms in total. The van der Waals surface area contributed by atoms with Crippen LogP contribution in [0.3, 0.4) is 0 Å². The second-order valence-corrected chi connectivity index (χ2v) is 5.13. The van der Waals surface area contributed by atoms with E-state index in [1.165, 1.54) is 48.9 Å². The van der Waals surface area contributed by atoms with Crippen molar-refractivity contribution in [1.82, 2.24) is 5.32 Å². The smallest absolute Gasteiger partial charge is 0.00585 e. The second-order valence-electron chi connectivity index (χ2n) is 2.68. The summed E-state index contributed by atoms with van der Waals surface area (Å²) in [4.78, 5) is 0. The van der Waals surface area contributed by atoms with Crippen LogP contribution >= 0.6 is 23.5 Å². The summed E-state index contributed by atoms with van der Waals surface area (Å²) in [6.07, 6.45) is 2.93. The van der Waals surface area contributed by atoms with E-state index in [1.807, 2.05) is 11.8 Å². The lowest BCUT2D eigenvalue weighted by Crippen LogP contribution is -2.24. The van der Waals surface area contributed by atoms with Gasteiger partial charge in [-0.1, -0.05) is 0 Å². The van der Waals surface area contributed by atoms with E-state index < -0.39 is 0 Å². The van der Waals surface area contributed by atoms with Crippen LogP contribution < -0.4 is 5.32 Å². The molecule has 0 atom stereocenters. The molecule has 3 heteroatoms. The van der Waals surface area contributed by atoms with Crippen molar-refractivity contribution in [3.8, 4) is 0 Å². The van der Waals surface area contributed by atoms with Crippen LogP contribution in [0.2, 0.25) is 0 Å². The van der Waals surface area contributed by atoms with E-state index in [9.17, 15) is 0 Å². The van der Waals surface area contributed by atoms with Crippen LogP contribution in [-0.4, -0.2) is 36.1 Å². The molecule has 0 aromatic heterocycles. The van der Waals surface area contributed by atoms with Crippen LogP contribution in [0.4, 0.5) is 0 Å². The molecule has 11 heavy (non-hydrogen) atoms. The predicted octanol–water partition coefficient (Wildman–Crippen LogP) is 1.84. The lowest BCUT2D eigenvalue weighted by atomic mass is 10.4. The maximum atomic E-state index is 3.26. The Bertz CT molecular complexity index is 61.0. The Kier molecular flexibility index (Phi) is 6.48. The quantitative estimate of drug-likeness (QED) is 0.627. The molecule has 2 saturated heterocycles. The Morgan fingerprint density at radius 1 is 0.727 bits per heavy atom. The molecule has 0 unspecified atom stereocenters. The molecule has 2 aliphatic rings. The van der Waals surface area contributed by atoms with Gasteiger partial charge in [0.1, 0.15) is 0 Å². The van der Waals surface area contributed by atoms with Crippen molar-refractivity contribution < 1.29 is 0 Å². The Morgan fingerprint density at radius 3 is 1.45 bits per heavy atom. The van der Waals surface area contributed by atoms with Crippen molar-refractivity contribution in [2.45, 2.75) is 12.8 Å². The first-order valence-electron chi connectivity index (χ1n) is 4.36. The standard InChI is InChI=1S/C4H9NS.C4H8S/c1-3-6-4-2-5-1;1-2-4-5-3-1/h5H,1-4H2;1-4H2. The highest BCUT2D eigenvalue weighted by Gasteiger charge is 1.95. The van der Waals surface area contributed by atoms with Gasteiger partial charge >= 0.3 is 0 Å². The van der Waals surface area contributed by atoms with Crippen LogP contribution in [0.15, 0.2) is 0 Å². The summed E-state index contributed by atoms with van der Waals surface area (Å²) in [6.45, 7) is 2.43. The number of hydrogen-bond donors (Lipinski definition) is 1. The third-order valence-corrected chi connectivity index (χ3v) is 3.81. The van der Waals surface area contributed by atoms with Gasteiger partial charge in [-0.2, -0.15) is 23.5 Å². The molecule has 0 aliphatic carbocycles. The molecule has 2 fully saturated rings. The summed E-state index contributed by atoms with van der Waals surface area (Å²) in [5.74, 6) is 5.44. The molecule has 1 N–H and O–H groups in total. The highest BCUT2D eigenvalue weighted by atomic mass is 32.2. The summed E-state index contributed by atoms with van der Waals surface area (Å²) in [7, 11) is 0. The molecule has 2 rings (SSSR count). The molecule has 0 bridgehead atoms. The minimum absolute atomic E-state index is 1.21. The maximum absolute atomic E-state index is 3.26. The fourth-order valence-corrected chi connectivity index (χ4v) is 2.83. The number of nitrogens with one attached hydrogen (secondary N) is 1. The molecule has 0 aromatic rings. The van der Waals surface area contributed by atoms with Gasteiger partial charge in [-0.3, -0.25) is 0 Å². The van der Waals surface area contributed by atoms with E-state index in [0.717, 1.165) is 0 Å². The predicted molar refractivity (Wildman–Crippen MR) is 56.8 cm³/mol. The van der Waals surface area contributed by atoms with Crippen LogP contribution in [0.25, 0.3) is 0 Å². The number of hydrogen-bond acceptors (Lipinski definition) is 3. The summed E-state index contributed by atoms with van der Waals surface area (Å²) in [5.41, 5.74) is 0. The summed E-state index contributed by atoms with van der Waals surface area (Å²) in [5, 5.41) is 3.26. The van der Waals surface area contributed by atoms with Crippen molar-refractivity contribution in [2.24, 2.45) is 0 Å². The molecule has 0 spiro atoms. The van der Waals surface area contributed by atoms with Crippen molar-refractivity contribution >= 4 is 23.5 Å². The normalized spacial score (nSPS) is 24.0. The van der Waals surface area contributed by atoms with Gasteiger partial charge < -0.3 is 5.32 Å². The molecular weight excluding hydrogens is 174 g/mol. The van der Waals surface area contributed by atoms with E-state index in [-0.39, 0.29) is 0 Å². The average Bonchev–Trinajstić information content (AvgIpc) is 2.64. The average molecular weight is 191 g/mol. The zero-order chi connectivity index (χ0) is 7.78. The van der Waals surface area contributed by atoms with Gasteiger partial charge in [0.05, 0.1) is 0 Å². The Morgan fingerprint density at radius 2 is 1.27 bits per heavy atom. The van der Waals surface area contributed by atoms with Gasteiger partial charge in [-0.25, -0.2) is 0 Å². The fraction of sp³-hybridized carbons (Fsp3) is 1.00. The Hall–Kier alpha value is 0.660. The minimum Gasteiger partial charge on any atom is -0.315 e. The van der Waals surface area contributed by atoms with E-state index in [0.29, 0.717) is 0 Å². The van der Waals surface area contributed by atoms with E-state index in [4.69, 9.17) is 0 Å². The fourth-order valence-electron chi connectivity index (χ4n) is 1.03. The van der Waals surface area contributed by atoms with E-state index in [2.05, 4.69) is 17.1 Å². The first-order chi connectivity index (χ1) is 5.50. The van der Waals surface area contributed by atoms with Crippen LogP contribution in [0.5, 0.6) is 0 Å². The zero-order valence-corrected chi connectivity index (χ0v) is 8.61. The lowest BCUT2D eigenvalue weighted by molar-refractivity contribution is 0.756. The summed E-state index contributed by atoms with van der Waals surface area (Å²) in [6, 6.07) is 0. The molecule has 0 radical (unpaired) electrons. The Balaban J connectivity index is 0.000000112. The lowest BCUT2D eigenvalue weighted by Gasteiger charge is -2.08. The van der Waals surface area contributed by atoms with Gasteiger partial charge in [-0.05, 0) is 24.3 Å². The number of thioether (sulfide) groups is 2. The SMILES string of the molecule is C1CCSC1.C1CSCCN1. The highest BCUT2D eigenvalue weighted by Crippen LogP contribution is 2.14. The molecule has 0 aromatic carbocycles. The van der Waals surface area contributed by atoms with E-state index in [1.54, 1.807) is 0 Å². The minimum atomic E-state index is 1.21. The largest absolute Gasteiger partial charge is 0.315 e. The molecule has 0 saturated carbocycles. The zero-order valence-electron chi connectivity index (χ0n) is 6.97. The number of rotatable bonds is 0. The monoisotopic (exact) mass is 191 g/mol. The third-order valence-electron chi connectivity index (χ3n) is 1.67. The van der Waals surface area contributed by atoms with Crippen LogP contribution in [0.1, 0.15) is 12.8 Å². The molecule has 66 valence electrons. The topological polar surface area (TPSA) is 12.0 Å². The second kappa shape index (κ2) is 7.32. The third kappa shape index (κ3) is 5.88. The molecule has 2 aliphatic heterocycles. The first kappa shape index (κ1) is 9.75. The molecule has 2 heterocycles. The molecule has 0 amide bonds. The van der Waals surface area contributed by atoms with Crippen LogP contribution in [0, 0.1) is 0 Å². The summed E-state index contributed by atoms with van der Waals surface area (Å²) < 4.78 is 0. The van der Waals surface area contributed by atoms with Gasteiger partial charge in [0.15, 0.2) is 0 Å². The summed E-state index contributed by atoms with van der Waals surface area (Å²) >= 11 is 4.11. The van der Waals surface area contributed by atoms with E-state index >= 15 is 0 Å². The van der Waals surface area contributed by atoms with Gasteiger partial charge in [0.25, 0.3) is 0 Å². The van der Waals surface area contributed by atoms with Gasteiger partial charge in [0, 0.05) is 24.6 Å². The first-order valence-corrected chi connectivity index (χ1v) is 6.67. The van der Waals surface area contributed by atoms with Gasteiger partial charge in [-0.15, -0.1) is 0 Å². The molecular formula is C8H17NS2. The van der Waals surface area contributed by atoms with Crippen molar-refractivity contribution in [3.63, 3.8) is 0 Å². The van der Waals surface area contributed by atoms with Crippen LogP contribution in [-0.2, 0) is 0 Å². The maximum Gasteiger partial charge on any atom is 0.00585 e. The van der Waals surface area contributed by atoms with Crippen molar-refractivity contribution in [3.05, 3.63) is 0 Å². The Labute approximate surface area is 78.1 Å². The van der Waals surface area contributed by atoms with Crippen molar-refractivity contribution in [2.75, 3.05) is 36.1 Å².